The minimum Gasteiger partial charge on any atom is -0.465 e. The molecule has 0 aliphatic carbocycles. The first kappa shape index (κ1) is 15.5. The van der Waals surface area contributed by atoms with Gasteiger partial charge in [0.1, 0.15) is 10.7 Å². The number of amides is 1. The molecule has 0 aliphatic rings. The van der Waals surface area contributed by atoms with Crippen LogP contribution in [0.1, 0.15) is 20.0 Å². The van der Waals surface area contributed by atoms with Crippen LogP contribution < -0.4 is 11.1 Å². The lowest BCUT2D eigenvalue weighted by molar-refractivity contribution is 0.0607. The second-order valence-electron chi connectivity index (χ2n) is 3.96. The van der Waals surface area contributed by atoms with Crippen LogP contribution >= 0.6 is 27.3 Å². The van der Waals surface area contributed by atoms with Gasteiger partial charge in [-0.1, -0.05) is 0 Å². The monoisotopic (exact) mass is 372 g/mol. The predicted octanol–water partition coefficient (Wildman–Crippen LogP) is 3.27. The summed E-state index contributed by atoms with van der Waals surface area (Å²) in [6.45, 7) is 0. The first-order valence-corrected chi connectivity index (χ1v) is 7.33. The number of ether oxygens (including phenoxy) is 1. The number of carbonyl (C=O) groups excluding carboxylic acids is 2. The molecule has 0 saturated heterocycles. The number of esters is 1. The number of halogens is 2. The smallest absolute Gasteiger partial charge is 0.350 e. The van der Waals surface area contributed by atoms with Crippen molar-refractivity contribution in [3.8, 4) is 0 Å². The van der Waals surface area contributed by atoms with Gasteiger partial charge in [-0.2, -0.15) is 0 Å². The van der Waals surface area contributed by atoms with E-state index in [0.717, 1.165) is 17.4 Å². The van der Waals surface area contributed by atoms with Crippen LogP contribution in [0.3, 0.4) is 0 Å². The molecule has 110 valence electrons. The van der Waals surface area contributed by atoms with Gasteiger partial charge in [-0.05, 0) is 39.5 Å². The van der Waals surface area contributed by atoms with Gasteiger partial charge < -0.3 is 15.8 Å². The summed E-state index contributed by atoms with van der Waals surface area (Å²) < 4.78 is 18.2. The van der Waals surface area contributed by atoms with E-state index in [0.29, 0.717) is 5.69 Å². The zero-order chi connectivity index (χ0) is 15.6. The summed E-state index contributed by atoms with van der Waals surface area (Å²) in [5.74, 6) is -1.68. The summed E-state index contributed by atoms with van der Waals surface area (Å²) in [6.07, 6.45) is 0. The van der Waals surface area contributed by atoms with Gasteiger partial charge in [-0.25, -0.2) is 9.18 Å². The molecule has 2 rings (SSSR count). The first-order chi connectivity index (χ1) is 9.93. The van der Waals surface area contributed by atoms with Crippen LogP contribution in [0.2, 0.25) is 0 Å². The van der Waals surface area contributed by atoms with Crippen LogP contribution in [0.5, 0.6) is 0 Å². The third kappa shape index (κ3) is 3.22. The number of nitrogens with two attached hydrogens (primary N) is 1. The van der Waals surface area contributed by atoms with Crippen molar-refractivity contribution in [2.45, 2.75) is 0 Å². The summed E-state index contributed by atoms with van der Waals surface area (Å²) in [5, 5.41) is 4.22. The molecular weight excluding hydrogens is 363 g/mol. The summed E-state index contributed by atoms with van der Waals surface area (Å²) >= 11 is 4.25. The maximum atomic E-state index is 13.3. The maximum absolute atomic E-state index is 13.3. The molecule has 0 unspecified atom stereocenters. The van der Waals surface area contributed by atoms with Crippen molar-refractivity contribution in [1.82, 2.24) is 0 Å². The highest BCUT2D eigenvalue weighted by Crippen LogP contribution is 2.27. The molecule has 5 nitrogen and oxygen atoms in total. The second kappa shape index (κ2) is 6.23. The highest BCUT2D eigenvalue weighted by Gasteiger charge is 2.18. The lowest BCUT2D eigenvalue weighted by atomic mass is 10.2. The highest BCUT2D eigenvalue weighted by molar-refractivity contribution is 9.10. The Hall–Kier alpha value is -1.93. The second-order valence-corrected chi connectivity index (χ2v) is 5.73. The number of nitrogen functional groups attached to an aromatic ring is 1. The number of nitrogens with one attached hydrogen (secondary N) is 1. The summed E-state index contributed by atoms with van der Waals surface area (Å²) in [4.78, 5) is 24.0. The number of hydrogen-bond acceptors (Lipinski definition) is 5. The largest absolute Gasteiger partial charge is 0.465 e. The van der Waals surface area contributed by atoms with Crippen molar-refractivity contribution in [1.29, 1.82) is 0 Å². The Morgan fingerprint density at radius 3 is 2.81 bits per heavy atom. The van der Waals surface area contributed by atoms with Crippen molar-refractivity contribution in [3.05, 3.63) is 44.3 Å². The maximum Gasteiger partial charge on any atom is 0.350 e. The topological polar surface area (TPSA) is 81.4 Å². The molecule has 0 radical (unpaired) electrons. The fourth-order valence-corrected chi connectivity index (χ4v) is 2.85. The van der Waals surface area contributed by atoms with Crippen molar-refractivity contribution in [3.63, 3.8) is 0 Å². The molecule has 0 fully saturated rings. The van der Waals surface area contributed by atoms with E-state index in [1.54, 1.807) is 11.4 Å². The van der Waals surface area contributed by atoms with Gasteiger partial charge in [0.15, 0.2) is 0 Å². The summed E-state index contributed by atoms with van der Waals surface area (Å²) in [5.41, 5.74) is 5.80. The van der Waals surface area contributed by atoms with Crippen molar-refractivity contribution < 1.29 is 18.7 Å². The average Bonchev–Trinajstić information content (AvgIpc) is 2.90. The summed E-state index contributed by atoms with van der Waals surface area (Å²) in [7, 11) is 1.25. The normalized spacial score (nSPS) is 10.2. The van der Waals surface area contributed by atoms with E-state index in [1.807, 2.05) is 0 Å². The molecule has 0 bridgehead atoms. The number of anilines is 2. The quantitative estimate of drug-likeness (QED) is 0.639. The Morgan fingerprint density at radius 1 is 1.43 bits per heavy atom. The Bertz CT molecular complexity index is 717. The SMILES string of the molecule is COC(=O)c1sccc1NC(=O)c1cc(N)c(F)cc1Br. The van der Waals surface area contributed by atoms with Gasteiger partial charge in [0.25, 0.3) is 5.91 Å². The van der Waals surface area contributed by atoms with Crippen LogP contribution in [0, 0.1) is 5.82 Å². The molecule has 1 aromatic carbocycles. The van der Waals surface area contributed by atoms with Crippen LogP contribution in [0.4, 0.5) is 15.8 Å². The van der Waals surface area contributed by atoms with Gasteiger partial charge in [0, 0.05) is 4.47 Å². The number of hydrogen-bond donors (Lipinski definition) is 2. The van der Waals surface area contributed by atoms with Gasteiger partial charge in [0.05, 0.1) is 24.0 Å². The number of rotatable bonds is 3. The minimum absolute atomic E-state index is 0.137. The number of carbonyl (C=O) groups is 2. The molecule has 1 aromatic heterocycles. The molecule has 21 heavy (non-hydrogen) atoms. The van der Waals surface area contributed by atoms with Crippen molar-refractivity contribution in [2.75, 3.05) is 18.2 Å². The van der Waals surface area contributed by atoms with E-state index in [-0.39, 0.29) is 20.6 Å². The fraction of sp³-hybridized carbons (Fsp3) is 0.0769. The Balaban J connectivity index is 2.29. The highest BCUT2D eigenvalue weighted by atomic mass is 79.9. The molecule has 1 amide bonds. The lowest BCUT2D eigenvalue weighted by Gasteiger charge is -2.08. The lowest BCUT2D eigenvalue weighted by Crippen LogP contribution is -2.15. The molecule has 0 atom stereocenters. The average molecular weight is 373 g/mol. The van der Waals surface area contributed by atoms with Crippen LogP contribution in [-0.4, -0.2) is 19.0 Å². The standard InChI is InChI=1S/C13H10BrFN2O3S/c1-20-13(19)11-10(2-3-21-11)17-12(18)6-4-9(16)8(15)5-7(6)14/h2-5H,16H2,1H3,(H,17,18). The van der Waals surface area contributed by atoms with E-state index >= 15 is 0 Å². The third-order valence-electron chi connectivity index (χ3n) is 2.62. The number of benzene rings is 1. The zero-order valence-electron chi connectivity index (χ0n) is 10.8. The number of methoxy groups -OCH3 is 1. The van der Waals surface area contributed by atoms with Gasteiger partial charge >= 0.3 is 5.97 Å². The Kier molecular flexibility index (Phi) is 4.59. The van der Waals surface area contributed by atoms with E-state index in [4.69, 9.17) is 5.73 Å². The van der Waals surface area contributed by atoms with Crippen LogP contribution in [0.25, 0.3) is 0 Å². The number of thiophene rings is 1. The summed E-state index contributed by atoms with van der Waals surface area (Å²) in [6, 6.07) is 3.91. The molecule has 0 aliphatic heterocycles. The van der Waals surface area contributed by atoms with Crippen LogP contribution in [0.15, 0.2) is 28.1 Å². The third-order valence-corrected chi connectivity index (χ3v) is 4.17. The molecule has 0 saturated carbocycles. The molecule has 1 heterocycles. The van der Waals surface area contributed by atoms with Crippen molar-refractivity contribution in [2.24, 2.45) is 0 Å². The Morgan fingerprint density at radius 2 is 2.14 bits per heavy atom. The van der Waals surface area contributed by atoms with Gasteiger partial charge in [-0.3, -0.25) is 4.79 Å². The van der Waals surface area contributed by atoms with E-state index < -0.39 is 17.7 Å². The predicted molar refractivity (Wildman–Crippen MR) is 82.1 cm³/mol. The Labute approximate surface area is 132 Å². The molecule has 3 N–H and O–H groups in total. The van der Waals surface area contributed by atoms with E-state index in [9.17, 15) is 14.0 Å². The molecule has 8 heteroatoms. The minimum atomic E-state index is -0.621. The fourth-order valence-electron chi connectivity index (χ4n) is 1.59. The van der Waals surface area contributed by atoms with E-state index in [2.05, 4.69) is 26.0 Å². The van der Waals surface area contributed by atoms with Crippen molar-refractivity contribution >= 4 is 50.5 Å². The van der Waals surface area contributed by atoms with E-state index in [1.165, 1.54) is 13.2 Å². The van der Waals surface area contributed by atoms with Gasteiger partial charge in [0.2, 0.25) is 0 Å². The zero-order valence-corrected chi connectivity index (χ0v) is 13.2. The molecular formula is C13H10BrFN2O3S. The molecule has 0 spiro atoms. The first-order valence-electron chi connectivity index (χ1n) is 5.65. The van der Waals surface area contributed by atoms with Crippen LogP contribution in [-0.2, 0) is 4.74 Å². The van der Waals surface area contributed by atoms with Gasteiger partial charge in [-0.15, -0.1) is 11.3 Å². The molecule has 2 aromatic rings.